The summed E-state index contributed by atoms with van der Waals surface area (Å²) < 4.78 is 0. The molecule has 0 heteroatoms. The molecule has 0 fully saturated rings. The number of fused-ring (bicyclic) bond motifs is 32. The fraction of sp³-hybridized carbons (Fsp3) is 0.226. The van der Waals surface area contributed by atoms with E-state index in [0.717, 1.165) is 0 Å². The van der Waals surface area contributed by atoms with Crippen LogP contribution in [0.2, 0.25) is 0 Å². The zero-order valence-electron chi connectivity index (χ0n) is 78.3. The van der Waals surface area contributed by atoms with Crippen molar-refractivity contribution in [2.75, 3.05) is 0 Å². The highest BCUT2D eigenvalue weighted by Gasteiger charge is 2.42. The maximum Gasteiger partial charge on any atom is 0.0171 e. The first-order valence-electron chi connectivity index (χ1n) is 46.5. The summed E-state index contributed by atoms with van der Waals surface area (Å²) in [4.78, 5) is 0. The number of rotatable bonds is 0. The van der Waals surface area contributed by atoms with Crippen molar-refractivity contribution in [1.29, 1.82) is 0 Å². The molecule has 20 aromatic rings. The summed E-state index contributed by atoms with van der Waals surface area (Å²) in [5.41, 5.74) is 22.9. The Labute approximate surface area is 740 Å². The summed E-state index contributed by atoms with van der Waals surface area (Å²) in [5.74, 6) is 0. The van der Waals surface area contributed by atoms with Gasteiger partial charge in [0.15, 0.2) is 0 Å². The molecule has 0 nitrogen and oxygen atoms in total. The molecule has 0 aromatic heterocycles. The Morgan fingerprint density at radius 1 is 0.129 bits per heavy atom. The zero-order chi connectivity index (χ0) is 88.7. The molecule has 20 aromatic carbocycles. The second kappa shape index (κ2) is 37.7. The van der Waals surface area contributed by atoms with E-state index < -0.39 is 0 Å². The number of hydrogen-bond donors (Lipinski definition) is 0. The predicted octanol–water partition coefficient (Wildman–Crippen LogP) is 38.0. The van der Waals surface area contributed by atoms with Gasteiger partial charge in [0.1, 0.15) is 0 Å². The van der Waals surface area contributed by atoms with E-state index in [9.17, 15) is 0 Å². The van der Waals surface area contributed by atoms with Gasteiger partial charge in [-0.1, -0.05) is 457 Å². The summed E-state index contributed by atoms with van der Waals surface area (Å²) in [6, 6.07) is 126. The van der Waals surface area contributed by atoms with Gasteiger partial charge in [-0.15, -0.1) is 0 Å². The summed E-state index contributed by atoms with van der Waals surface area (Å²) in [6.45, 7) is 51.0. The fourth-order valence-electron chi connectivity index (χ4n) is 20.5. The molecule has 0 bridgehead atoms. The second-order valence-corrected chi connectivity index (χ2v) is 33.0. The van der Waals surface area contributed by atoms with Crippen molar-refractivity contribution in [1.82, 2.24) is 0 Å². The van der Waals surface area contributed by atoms with Crippen molar-refractivity contribution >= 4 is 129 Å². The van der Waals surface area contributed by atoms with Crippen molar-refractivity contribution in [2.24, 2.45) is 0 Å². The third kappa shape index (κ3) is 15.2. The van der Waals surface area contributed by atoms with Gasteiger partial charge in [-0.25, -0.2) is 0 Å². The highest BCUT2D eigenvalue weighted by molar-refractivity contribution is 6.17. The Hall–Kier alpha value is -12.5. The van der Waals surface area contributed by atoms with E-state index in [1.54, 1.807) is 0 Å². The van der Waals surface area contributed by atoms with Gasteiger partial charge in [0.05, 0.1) is 0 Å². The van der Waals surface area contributed by atoms with Gasteiger partial charge in [-0.05, 0) is 267 Å². The molecule has 4 aliphatic carbocycles. The molecule has 0 saturated carbocycles. The predicted molar refractivity (Wildman–Crippen MR) is 557 cm³/mol. The quantitative estimate of drug-likeness (QED) is 0.105. The molecule has 24 rings (SSSR count). The minimum absolute atomic E-state index is 0.00532. The Morgan fingerprint density at radius 2 is 0.371 bits per heavy atom. The van der Waals surface area contributed by atoms with Crippen LogP contribution in [0.15, 0.2) is 340 Å². The van der Waals surface area contributed by atoms with Gasteiger partial charge >= 0.3 is 0 Å². The van der Waals surface area contributed by atoms with Crippen LogP contribution in [0.1, 0.15) is 211 Å². The average Bonchev–Trinajstić information content (AvgIpc) is 1.57. The third-order valence-corrected chi connectivity index (χ3v) is 25.5. The van der Waals surface area contributed by atoms with E-state index in [0.29, 0.717) is 0 Å². The van der Waals surface area contributed by atoms with Crippen LogP contribution in [0.4, 0.5) is 0 Å². The summed E-state index contributed by atoms with van der Waals surface area (Å²) in [5, 5.41) is 32.1. The average molecular weight is 1620 g/mol. The van der Waals surface area contributed by atoms with E-state index in [-0.39, 0.29) is 21.7 Å². The zero-order valence-corrected chi connectivity index (χ0v) is 78.3. The molecule has 0 radical (unpaired) electrons. The highest BCUT2D eigenvalue weighted by Crippen LogP contribution is 2.58. The van der Waals surface area contributed by atoms with Crippen molar-refractivity contribution in [3.05, 3.63) is 384 Å². The molecule has 0 unspecified atom stereocenters. The standard InChI is InChI=1S/4C27H20.8C2H6/c1-27(2)24-16-15-21-19-9-5-3-7-17(19)11-13-22(21)25(24)23-14-12-18-8-4-6-10-20(18)26(23)27;1-27(2)24-14-12-20-15-18-8-3-4-9-19(18)16-23(20)25(24)22-13-11-17-7-5-6-10-21(17)26(22)27;1-27(2)25-21-10-6-5-7-17(21)11-13-22(25)23-14-12-20-15-18-8-3-4-9-19(18)16-24(20)26(23)27;1-27(2)25-16-21-14-19-9-4-3-8-18(19)13-20(21)15-24(25)23-12-11-17-7-5-6-10-22(17)26(23)27;8*1-2/h4*3-16H,1-2H3;8*1-2H3. The van der Waals surface area contributed by atoms with E-state index in [1.807, 2.05) is 111 Å². The first-order valence-corrected chi connectivity index (χ1v) is 46.5. The monoisotopic (exact) mass is 1620 g/mol. The summed E-state index contributed by atoms with van der Waals surface area (Å²) in [7, 11) is 0. The van der Waals surface area contributed by atoms with Crippen LogP contribution < -0.4 is 0 Å². The Kier molecular flexibility index (Phi) is 27.1. The summed E-state index contributed by atoms with van der Waals surface area (Å²) in [6.07, 6.45) is 0. The van der Waals surface area contributed by atoms with Crippen LogP contribution in [0.5, 0.6) is 0 Å². The first kappa shape index (κ1) is 89.3. The van der Waals surface area contributed by atoms with Crippen molar-refractivity contribution < 1.29 is 0 Å². The van der Waals surface area contributed by atoms with Gasteiger partial charge in [0.2, 0.25) is 0 Å². The maximum absolute atomic E-state index is 2.42. The Balaban J connectivity index is 0.000000135. The molecule has 0 aliphatic heterocycles. The van der Waals surface area contributed by atoms with Crippen LogP contribution in [0.3, 0.4) is 0 Å². The van der Waals surface area contributed by atoms with Crippen molar-refractivity contribution in [3.63, 3.8) is 0 Å². The van der Waals surface area contributed by atoms with Crippen molar-refractivity contribution in [2.45, 2.75) is 188 Å². The van der Waals surface area contributed by atoms with Crippen LogP contribution in [0, 0.1) is 0 Å². The molecule has 0 atom stereocenters. The lowest BCUT2D eigenvalue weighted by atomic mass is 9.78. The van der Waals surface area contributed by atoms with Crippen molar-refractivity contribution in [3.8, 4) is 44.5 Å². The molecule has 624 valence electrons. The Morgan fingerprint density at radius 3 is 0.782 bits per heavy atom. The molecule has 4 aliphatic rings. The van der Waals surface area contributed by atoms with E-state index in [1.165, 1.54) is 218 Å². The fourth-order valence-corrected chi connectivity index (χ4v) is 20.5. The van der Waals surface area contributed by atoms with Gasteiger partial charge in [0, 0.05) is 21.7 Å². The smallest absolute Gasteiger partial charge is 0.0171 e. The Bertz CT molecular complexity index is 7120. The molecular weight excluding hydrogens is 1490 g/mol. The van der Waals surface area contributed by atoms with E-state index in [4.69, 9.17) is 0 Å². The minimum atomic E-state index is -0.0203. The van der Waals surface area contributed by atoms with Crippen LogP contribution in [-0.2, 0) is 21.7 Å². The van der Waals surface area contributed by atoms with Gasteiger partial charge in [-0.2, -0.15) is 0 Å². The lowest BCUT2D eigenvalue weighted by Crippen LogP contribution is -2.16. The number of benzene rings is 20. The lowest BCUT2D eigenvalue weighted by molar-refractivity contribution is 0.666. The van der Waals surface area contributed by atoms with Gasteiger partial charge in [0.25, 0.3) is 0 Å². The normalized spacial score (nSPS) is 13.1. The molecule has 0 spiro atoms. The minimum Gasteiger partial charge on any atom is -0.0683 e. The van der Waals surface area contributed by atoms with E-state index in [2.05, 4.69) is 395 Å². The third-order valence-electron chi connectivity index (χ3n) is 25.5. The lowest BCUT2D eigenvalue weighted by Gasteiger charge is -2.24. The van der Waals surface area contributed by atoms with Crippen LogP contribution >= 0.6 is 0 Å². The van der Waals surface area contributed by atoms with Crippen LogP contribution in [0.25, 0.3) is 174 Å². The maximum atomic E-state index is 2.42. The molecule has 0 saturated heterocycles. The summed E-state index contributed by atoms with van der Waals surface area (Å²) >= 11 is 0. The SMILES string of the molecule is CC.CC.CC.CC.CC.CC.CC.CC.CC1(C)c2c(ccc3ccccc23)-c2ccc3cc4ccccc4cc3c21.CC1(C)c2cc3cc4ccccc4cc3cc2-c2ccc3ccccc3c21.CC1(C)c2ccc3c(ccc4ccccc43)c2-c2ccc3ccccc3c21.CC1(C)c2ccc3cc4ccccc4cc3c2-c2ccc3ccccc3c21. The first-order chi connectivity index (χ1) is 60.6. The molecule has 0 heterocycles. The van der Waals surface area contributed by atoms with Gasteiger partial charge < -0.3 is 0 Å². The van der Waals surface area contributed by atoms with Gasteiger partial charge in [-0.3, -0.25) is 0 Å². The molecular formula is C124H128. The molecule has 0 N–H and O–H groups in total. The highest BCUT2D eigenvalue weighted by atomic mass is 14.4. The molecule has 124 heavy (non-hydrogen) atoms. The molecule has 0 amide bonds. The largest absolute Gasteiger partial charge is 0.0683 e. The topological polar surface area (TPSA) is 0 Å². The second-order valence-electron chi connectivity index (χ2n) is 33.0. The number of hydrogen-bond acceptors (Lipinski definition) is 0. The van der Waals surface area contributed by atoms with Crippen LogP contribution in [-0.4, -0.2) is 0 Å². The van der Waals surface area contributed by atoms with E-state index >= 15 is 0 Å².